The first-order valence-corrected chi connectivity index (χ1v) is 7.94. The second kappa shape index (κ2) is 5.59. The minimum absolute atomic E-state index is 0.358. The fourth-order valence-corrected chi connectivity index (χ4v) is 3.36. The van der Waals surface area contributed by atoms with E-state index in [1.165, 1.54) is 5.39 Å². The van der Waals surface area contributed by atoms with E-state index in [0.29, 0.717) is 17.4 Å². The summed E-state index contributed by atoms with van der Waals surface area (Å²) >= 11 is 0. The highest BCUT2D eigenvalue weighted by Gasteiger charge is 2.09. The normalized spacial score (nSPS) is 12.7. The van der Waals surface area contributed by atoms with Gasteiger partial charge in [0.05, 0.1) is 6.20 Å². The van der Waals surface area contributed by atoms with E-state index >= 15 is 0 Å². The summed E-state index contributed by atoms with van der Waals surface area (Å²) in [5, 5.41) is 2.33. The molecule has 102 valence electrons. The molecule has 0 fully saturated rings. The lowest BCUT2D eigenvalue weighted by atomic mass is 10.1. The smallest absolute Gasteiger partial charge is 0.206 e. The fourth-order valence-electron chi connectivity index (χ4n) is 2.25. The predicted molar refractivity (Wildman–Crippen MR) is 80.7 cm³/mol. The van der Waals surface area contributed by atoms with Gasteiger partial charge in [0.15, 0.2) is 0 Å². The Morgan fingerprint density at radius 3 is 2.70 bits per heavy atom. The maximum atomic E-state index is 12.2. The summed E-state index contributed by atoms with van der Waals surface area (Å²) in [5.41, 5.74) is 1.10. The first kappa shape index (κ1) is 13.1. The van der Waals surface area contributed by atoms with Crippen LogP contribution in [0.5, 0.6) is 0 Å². The molecule has 20 heavy (non-hydrogen) atoms. The average Bonchev–Trinajstić information content (AvgIpc) is 2.84. The van der Waals surface area contributed by atoms with Crippen LogP contribution in [0, 0.1) is 6.92 Å². The van der Waals surface area contributed by atoms with Gasteiger partial charge in [0.25, 0.3) is 0 Å². The van der Waals surface area contributed by atoms with E-state index in [1.54, 1.807) is 6.20 Å². The van der Waals surface area contributed by atoms with Crippen molar-refractivity contribution in [1.29, 1.82) is 0 Å². The number of nitrogens with zero attached hydrogens (tertiary/aromatic N) is 1. The van der Waals surface area contributed by atoms with Gasteiger partial charge >= 0.3 is 0 Å². The van der Waals surface area contributed by atoms with Crippen molar-refractivity contribution >= 4 is 21.6 Å². The average molecular weight is 285 g/mol. The van der Waals surface area contributed by atoms with E-state index in [9.17, 15) is 4.21 Å². The number of oxazole rings is 1. The molecule has 0 radical (unpaired) electrons. The molecule has 0 spiro atoms. The lowest BCUT2D eigenvalue weighted by Crippen LogP contribution is -2.00. The van der Waals surface area contributed by atoms with Crippen molar-refractivity contribution < 1.29 is 8.63 Å². The molecule has 0 saturated heterocycles. The van der Waals surface area contributed by atoms with Crippen molar-refractivity contribution in [2.45, 2.75) is 18.4 Å². The third-order valence-electron chi connectivity index (χ3n) is 3.15. The molecule has 0 aliphatic carbocycles. The minimum atomic E-state index is -1.02. The van der Waals surface area contributed by atoms with Gasteiger partial charge in [0.1, 0.15) is 11.5 Å². The van der Waals surface area contributed by atoms with Gasteiger partial charge in [0.2, 0.25) is 5.89 Å². The number of rotatable bonds is 4. The molecule has 0 aliphatic rings. The zero-order valence-corrected chi connectivity index (χ0v) is 12.0. The fraction of sp³-hybridized carbons (Fsp3) is 0.188. The van der Waals surface area contributed by atoms with Crippen LogP contribution in [0.1, 0.15) is 17.2 Å². The van der Waals surface area contributed by atoms with Crippen LogP contribution in [0.4, 0.5) is 0 Å². The third kappa shape index (κ3) is 2.80. The van der Waals surface area contributed by atoms with Crippen LogP contribution in [0.25, 0.3) is 10.8 Å². The highest BCUT2D eigenvalue weighted by atomic mass is 32.2. The Labute approximate surface area is 120 Å². The first-order chi connectivity index (χ1) is 9.72. The summed E-state index contributed by atoms with van der Waals surface area (Å²) in [5.74, 6) is 2.17. The monoisotopic (exact) mass is 285 g/mol. The highest BCUT2D eigenvalue weighted by molar-refractivity contribution is 7.83. The molecular weight excluding hydrogens is 270 g/mol. The van der Waals surface area contributed by atoms with Gasteiger partial charge in [-0.15, -0.1) is 0 Å². The van der Waals surface area contributed by atoms with E-state index in [-0.39, 0.29) is 0 Å². The lowest BCUT2D eigenvalue weighted by molar-refractivity contribution is 0.488. The van der Waals surface area contributed by atoms with Crippen LogP contribution in [0.2, 0.25) is 0 Å². The van der Waals surface area contributed by atoms with Crippen LogP contribution >= 0.6 is 0 Å². The molecule has 3 aromatic rings. The molecule has 3 rings (SSSR count). The van der Waals surface area contributed by atoms with Crippen molar-refractivity contribution in [2.75, 3.05) is 0 Å². The van der Waals surface area contributed by atoms with E-state index in [0.717, 1.165) is 16.7 Å². The summed E-state index contributed by atoms with van der Waals surface area (Å²) < 4.78 is 17.6. The predicted octanol–water partition coefficient (Wildman–Crippen LogP) is 3.59. The van der Waals surface area contributed by atoms with Gasteiger partial charge in [-0.3, -0.25) is 4.21 Å². The number of aryl methyl sites for hydroxylation is 1. The first-order valence-electron chi connectivity index (χ1n) is 6.45. The van der Waals surface area contributed by atoms with E-state index < -0.39 is 10.8 Å². The topological polar surface area (TPSA) is 43.1 Å². The maximum absolute atomic E-state index is 12.2. The molecule has 0 bridgehead atoms. The quantitative estimate of drug-likeness (QED) is 0.736. The van der Waals surface area contributed by atoms with Crippen LogP contribution in [0.15, 0.2) is 53.1 Å². The van der Waals surface area contributed by atoms with Crippen molar-refractivity contribution in [3.63, 3.8) is 0 Å². The zero-order valence-electron chi connectivity index (χ0n) is 11.2. The van der Waals surface area contributed by atoms with Gasteiger partial charge in [-0.05, 0) is 23.3 Å². The van der Waals surface area contributed by atoms with Gasteiger partial charge < -0.3 is 4.42 Å². The Kier molecular flexibility index (Phi) is 3.65. The standard InChI is InChI=1S/C16H15NO2S/c1-12-9-17-16(19-12)11-20(18)10-14-7-4-6-13-5-2-3-8-15(13)14/h2-9H,10-11H2,1H3/t20-/m1/s1. The molecule has 0 saturated carbocycles. The molecule has 4 heteroatoms. The molecule has 0 amide bonds. The summed E-state index contributed by atoms with van der Waals surface area (Å²) in [6, 6.07) is 14.3. The summed E-state index contributed by atoms with van der Waals surface area (Å²) in [4.78, 5) is 4.10. The largest absolute Gasteiger partial charge is 0.445 e. The second-order valence-electron chi connectivity index (χ2n) is 4.73. The summed E-state index contributed by atoms with van der Waals surface area (Å²) in [7, 11) is -1.02. The molecule has 1 aromatic heterocycles. The van der Waals surface area contributed by atoms with Crippen molar-refractivity contribution in [2.24, 2.45) is 0 Å². The number of aromatic nitrogens is 1. The van der Waals surface area contributed by atoms with E-state index in [1.807, 2.05) is 31.2 Å². The van der Waals surface area contributed by atoms with Gasteiger partial charge in [-0.2, -0.15) is 0 Å². The molecule has 1 atom stereocenters. The van der Waals surface area contributed by atoms with E-state index in [4.69, 9.17) is 4.42 Å². The van der Waals surface area contributed by atoms with Crippen LogP contribution in [-0.4, -0.2) is 9.19 Å². The Bertz CT molecular complexity index is 759. The van der Waals surface area contributed by atoms with Crippen molar-refractivity contribution in [3.8, 4) is 0 Å². The van der Waals surface area contributed by atoms with Gasteiger partial charge in [0, 0.05) is 16.6 Å². The second-order valence-corrected chi connectivity index (χ2v) is 6.19. The molecule has 2 aromatic carbocycles. The summed E-state index contributed by atoms with van der Waals surface area (Å²) in [6.45, 7) is 1.84. The molecular formula is C16H15NO2S. The van der Waals surface area contributed by atoms with Crippen LogP contribution in [0.3, 0.4) is 0 Å². The Hall–Kier alpha value is -1.94. The third-order valence-corrected chi connectivity index (χ3v) is 4.35. The molecule has 0 aliphatic heterocycles. The number of hydrogen-bond acceptors (Lipinski definition) is 3. The Morgan fingerprint density at radius 1 is 1.10 bits per heavy atom. The molecule has 0 unspecified atom stereocenters. The van der Waals surface area contributed by atoms with Gasteiger partial charge in [-0.25, -0.2) is 4.98 Å². The molecule has 1 heterocycles. The van der Waals surface area contributed by atoms with Crippen LogP contribution < -0.4 is 0 Å². The van der Waals surface area contributed by atoms with Crippen molar-refractivity contribution in [3.05, 3.63) is 65.9 Å². The maximum Gasteiger partial charge on any atom is 0.206 e. The van der Waals surface area contributed by atoms with Gasteiger partial charge in [-0.1, -0.05) is 42.5 Å². The summed E-state index contributed by atoms with van der Waals surface area (Å²) in [6.07, 6.45) is 1.66. The Morgan fingerprint density at radius 2 is 1.90 bits per heavy atom. The number of fused-ring (bicyclic) bond motifs is 1. The van der Waals surface area contributed by atoms with E-state index in [2.05, 4.69) is 23.2 Å². The lowest BCUT2D eigenvalue weighted by Gasteiger charge is -2.05. The SMILES string of the molecule is Cc1cnc(C[S@](=O)Cc2cccc3ccccc23)o1. The number of benzene rings is 2. The molecule has 0 N–H and O–H groups in total. The Balaban J connectivity index is 1.81. The van der Waals surface area contributed by atoms with Crippen molar-refractivity contribution in [1.82, 2.24) is 4.98 Å². The molecule has 3 nitrogen and oxygen atoms in total. The van der Waals surface area contributed by atoms with Crippen LogP contribution in [-0.2, 0) is 22.3 Å². The minimum Gasteiger partial charge on any atom is -0.445 e. The highest BCUT2D eigenvalue weighted by Crippen LogP contribution is 2.20. The number of hydrogen-bond donors (Lipinski definition) is 0. The zero-order chi connectivity index (χ0) is 13.9.